The van der Waals surface area contributed by atoms with Crippen LogP contribution in [0.1, 0.15) is 19.8 Å². The molecule has 98 valence electrons. The maximum absolute atomic E-state index is 5.22. The third-order valence-electron chi connectivity index (χ3n) is 2.88. The topological polar surface area (TPSA) is 64.9 Å². The van der Waals surface area contributed by atoms with E-state index in [-0.39, 0.29) is 6.04 Å². The highest BCUT2D eigenvalue weighted by molar-refractivity contribution is 5.86. The van der Waals surface area contributed by atoms with Crippen LogP contribution < -0.4 is 5.32 Å². The standard InChI is InChI=1S/C12H19N5O/c1-4-5-9(7-18-3)16-11-10-6-15-17(2)12(10)14-8-13-11/h6,8-9H,4-5,7H2,1-3H3,(H,13,14,16). The molecule has 0 aromatic carbocycles. The molecule has 2 aromatic rings. The lowest BCUT2D eigenvalue weighted by Crippen LogP contribution is -2.25. The van der Waals surface area contributed by atoms with Crippen LogP contribution in [0.25, 0.3) is 11.0 Å². The summed E-state index contributed by atoms with van der Waals surface area (Å²) in [7, 11) is 3.59. The maximum atomic E-state index is 5.22. The number of nitrogens with one attached hydrogen (secondary N) is 1. The van der Waals surface area contributed by atoms with E-state index in [0.29, 0.717) is 6.61 Å². The highest BCUT2D eigenvalue weighted by Gasteiger charge is 2.12. The molecule has 2 heterocycles. The van der Waals surface area contributed by atoms with E-state index in [1.807, 2.05) is 7.05 Å². The van der Waals surface area contributed by atoms with Gasteiger partial charge in [-0.1, -0.05) is 13.3 Å². The number of aromatic nitrogens is 4. The minimum Gasteiger partial charge on any atom is -0.383 e. The van der Waals surface area contributed by atoms with E-state index in [1.165, 1.54) is 0 Å². The van der Waals surface area contributed by atoms with Gasteiger partial charge in [-0.25, -0.2) is 9.97 Å². The Kier molecular flexibility index (Phi) is 4.09. The first-order chi connectivity index (χ1) is 8.76. The second-order valence-electron chi connectivity index (χ2n) is 4.31. The van der Waals surface area contributed by atoms with Crippen LogP contribution in [0.2, 0.25) is 0 Å². The monoisotopic (exact) mass is 249 g/mol. The van der Waals surface area contributed by atoms with Crippen LogP contribution in [-0.2, 0) is 11.8 Å². The SMILES string of the molecule is CCCC(COC)Nc1ncnc2c1cnn2C. The summed E-state index contributed by atoms with van der Waals surface area (Å²) in [5.74, 6) is 0.823. The van der Waals surface area contributed by atoms with Gasteiger partial charge in [0.25, 0.3) is 0 Å². The molecule has 0 aliphatic heterocycles. The molecule has 6 heteroatoms. The zero-order valence-corrected chi connectivity index (χ0v) is 11.1. The van der Waals surface area contributed by atoms with E-state index in [4.69, 9.17) is 4.74 Å². The van der Waals surface area contributed by atoms with Gasteiger partial charge in [-0.3, -0.25) is 4.68 Å². The van der Waals surface area contributed by atoms with Gasteiger partial charge in [0.05, 0.1) is 24.2 Å². The lowest BCUT2D eigenvalue weighted by molar-refractivity contribution is 0.182. The number of hydrogen-bond donors (Lipinski definition) is 1. The first kappa shape index (κ1) is 12.8. The van der Waals surface area contributed by atoms with Crippen LogP contribution >= 0.6 is 0 Å². The lowest BCUT2D eigenvalue weighted by Gasteiger charge is -2.17. The van der Waals surface area contributed by atoms with E-state index in [9.17, 15) is 0 Å². The van der Waals surface area contributed by atoms with Crippen molar-refractivity contribution in [3.8, 4) is 0 Å². The molecule has 1 unspecified atom stereocenters. The van der Waals surface area contributed by atoms with Crippen molar-refractivity contribution >= 4 is 16.9 Å². The molecule has 0 saturated carbocycles. The summed E-state index contributed by atoms with van der Waals surface area (Å²) in [5, 5.41) is 8.55. The summed E-state index contributed by atoms with van der Waals surface area (Å²) in [4.78, 5) is 8.51. The van der Waals surface area contributed by atoms with E-state index < -0.39 is 0 Å². The molecule has 0 amide bonds. The van der Waals surface area contributed by atoms with Crippen LogP contribution in [0.4, 0.5) is 5.82 Å². The zero-order valence-electron chi connectivity index (χ0n) is 11.1. The molecule has 0 saturated heterocycles. The minimum atomic E-state index is 0.262. The fraction of sp³-hybridized carbons (Fsp3) is 0.583. The molecule has 0 spiro atoms. The number of nitrogens with zero attached hydrogens (tertiary/aromatic N) is 4. The molecule has 0 bridgehead atoms. The van der Waals surface area contributed by atoms with Crippen molar-refractivity contribution in [3.63, 3.8) is 0 Å². The Labute approximate surface area is 106 Å². The fourth-order valence-electron chi connectivity index (χ4n) is 2.02. The molecule has 2 rings (SSSR count). The van der Waals surface area contributed by atoms with Gasteiger partial charge in [-0.05, 0) is 6.42 Å². The quantitative estimate of drug-likeness (QED) is 0.842. The first-order valence-corrected chi connectivity index (χ1v) is 6.14. The largest absolute Gasteiger partial charge is 0.383 e. The average Bonchev–Trinajstić information content (AvgIpc) is 2.73. The predicted molar refractivity (Wildman–Crippen MR) is 70.5 cm³/mol. The summed E-state index contributed by atoms with van der Waals surface area (Å²) in [6.07, 6.45) is 5.48. The highest BCUT2D eigenvalue weighted by atomic mass is 16.5. The molecule has 0 fully saturated rings. The van der Waals surface area contributed by atoms with Crippen LogP contribution in [0.5, 0.6) is 0 Å². The third kappa shape index (κ3) is 2.59. The van der Waals surface area contributed by atoms with E-state index >= 15 is 0 Å². The van der Waals surface area contributed by atoms with Gasteiger partial charge in [0, 0.05) is 14.2 Å². The van der Waals surface area contributed by atoms with Gasteiger partial charge in [0.15, 0.2) is 5.65 Å². The lowest BCUT2D eigenvalue weighted by atomic mass is 10.2. The Morgan fingerprint density at radius 3 is 3.00 bits per heavy atom. The summed E-state index contributed by atoms with van der Waals surface area (Å²) in [5.41, 5.74) is 0.833. The number of aryl methyl sites for hydroxylation is 1. The van der Waals surface area contributed by atoms with Crippen LogP contribution in [0, 0.1) is 0 Å². The van der Waals surface area contributed by atoms with Crippen LogP contribution in [0.3, 0.4) is 0 Å². The normalized spacial score (nSPS) is 12.8. The highest BCUT2D eigenvalue weighted by Crippen LogP contribution is 2.19. The third-order valence-corrected chi connectivity index (χ3v) is 2.88. The molecule has 2 aromatic heterocycles. The smallest absolute Gasteiger partial charge is 0.163 e. The van der Waals surface area contributed by atoms with Crippen LogP contribution in [0.15, 0.2) is 12.5 Å². The Balaban J connectivity index is 2.24. The van der Waals surface area contributed by atoms with E-state index in [2.05, 4.69) is 27.3 Å². The molecule has 0 radical (unpaired) electrons. The van der Waals surface area contributed by atoms with Crippen molar-refractivity contribution in [1.82, 2.24) is 19.7 Å². The second-order valence-corrected chi connectivity index (χ2v) is 4.31. The molecule has 1 N–H and O–H groups in total. The Morgan fingerprint density at radius 2 is 2.28 bits per heavy atom. The molecule has 18 heavy (non-hydrogen) atoms. The summed E-state index contributed by atoms with van der Waals surface area (Å²) < 4.78 is 6.96. The average molecular weight is 249 g/mol. The van der Waals surface area contributed by atoms with E-state index in [0.717, 1.165) is 29.7 Å². The van der Waals surface area contributed by atoms with Crippen molar-refractivity contribution in [2.45, 2.75) is 25.8 Å². The zero-order chi connectivity index (χ0) is 13.0. The molecule has 0 aliphatic carbocycles. The van der Waals surface area contributed by atoms with Gasteiger partial charge < -0.3 is 10.1 Å². The van der Waals surface area contributed by atoms with Crippen molar-refractivity contribution in [3.05, 3.63) is 12.5 Å². The molecular formula is C12H19N5O. The predicted octanol–water partition coefficient (Wildman–Crippen LogP) is 1.59. The van der Waals surface area contributed by atoms with Gasteiger partial charge >= 0.3 is 0 Å². The minimum absolute atomic E-state index is 0.262. The number of methoxy groups -OCH3 is 1. The maximum Gasteiger partial charge on any atom is 0.163 e. The number of anilines is 1. The molecule has 1 atom stereocenters. The number of hydrogen-bond acceptors (Lipinski definition) is 5. The van der Waals surface area contributed by atoms with Gasteiger partial charge in [-0.2, -0.15) is 5.10 Å². The summed E-state index contributed by atoms with van der Waals surface area (Å²) in [6, 6.07) is 0.262. The van der Waals surface area contributed by atoms with Gasteiger partial charge in [-0.15, -0.1) is 0 Å². The molecule has 0 aliphatic rings. The van der Waals surface area contributed by atoms with Gasteiger partial charge in [0.1, 0.15) is 12.1 Å². The van der Waals surface area contributed by atoms with Crippen LogP contribution in [-0.4, -0.2) is 39.5 Å². The van der Waals surface area contributed by atoms with Crippen molar-refractivity contribution in [1.29, 1.82) is 0 Å². The first-order valence-electron chi connectivity index (χ1n) is 6.14. The Morgan fingerprint density at radius 1 is 1.44 bits per heavy atom. The molecule has 6 nitrogen and oxygen atoms in total. The Hall–Kier alpha value is -1.69. The number of fused-ring (bicyclic) bond motifs is 1. The molecular weight excluding hydrogens is 230 g/mol. The van der Waals surface area contributed by atoms with Crippen molar-refractivity contribution in [2.24, 2.45) is 7.05 Å². The Bertz CT molecular complexity index is 504. The van der Waals surface area contributed by atoms with Crippen molar-refractivity contribution in [2.75, 3.05) is 19.0 Å². The number of ether oxygens (including phenoxy) is 1. The summed E-state index contributed by atoms with van der Waals surface area (Å²) >= 11 is 0. The summed E-state index contributed by atoms with van der Waals surface area (Å²) in [6.45, 7) is 2.82. The van der Waals surface area contributed by atoms with Crippen molar-refractivity contribution < 1.29 is 4.74 Å². The second kappa shape index (κ2) is 5.77. The van der Waals surface area contributed by atoms with E-state index in [1.54, 1.807) is 24.3 Å². The van der Waals surface area contributed by atoms with Gasteiger partial charge in [0.2, 0.25) is 0 Å². The number of rotatable bonds is 6. The fourth-order valence-corrected chi connectivity index (χ4v) is 2.02.